The molecule has 0 atom stereocenters. The number of anilines is 1. The van der Waals surface area contributed by atoms with Gasteiger partial charge in [0, 0.05) is 69.3 Å². The van der Waals surface area contributed by atoms with Crippen molar-refractivity contribution in [2.24, 2.45) is 0 Å². The van der Waals surface area contributed by atoms with Gasteiger partial charge in [-0.3, -0.25) is 14.4 Å². The fourth-order valence-corrected chi connectivity index (χ4v) is 8.08. The second kappa shape index (κ2) is 26.2. The number of ether oxygens (including phenoxy) is 4. The van der Waals surface area contributed by atoms with E-state index in [-0.39, 0.29) is 37.0 Å². The summed E-state index contributed by atoms with van der Waals surface area (Å²) < 4.78 is 39.6. The Bertz CT molecular complexity index is 1430. The highest BCUT2D eigenvalue weighted by molar-refractivity contribution is 6.60. The van der Waals surface area contributed by atoms with Crippen LogP contribution in [0.25, 0.3) is 0 Å². The van der Waals surface area contributed by atoms with Crippen molar-refractivity contribution < 1.29 is 46.6 Å². The normalized spacial score (nSPS) is 12.2. The lowest BCUT2D eigenvalue weighted by Crippen LogP contribution is -2.46. The summed E-state index contributed by atoms with van der Waals surface area (Å²) in [6, 6.07) is 16.0. The van der Waals surface area contributed by atoms with Crippen LogP contribution in [0.1, 0.15) is 63.1 Å². The second-order valence-corrected chi connectivity index (χ2v) is 14.6. The Morgan fingerprint density at radius 3 is 1.83 bits per heavy atom. The molecule has 0 aromatic heterocycles. The molecule has 0 fully saturated rings. The molecule has 2 aromatic rings. The first kappa shape index (κ1) is 43.7. The number of hydrogen-bond acceptors (Lipinski definition) is 10. The van der Waals surface area contributed by atoms with Gasteiger partial charge >= 0.3 is 8.80 Å². The van der Waals surface area contributed by atoms with Crippen molar-refractivity contribution in [1.82, 2.24) is 10.6 Å². The molecule has 0 saturated carbocycles. The van der Waals surface area contributed by atoms with Crippen LogP contribution in [0.15, 0.2) is 48.5 Å². The highest BCUT2D eigenvalue weighted by Crippen LogP contribution is 2.26. The number of benzene rings is 2. The van der Waals surface area contributed by atoms with Crippen LogP contribution in [0.3, 0.4) is 0 Å². The van der Waals surface area contributed by atoms with Crippen LogP contribution in [0.4, 0.5) is 5.69 Å². The molecule has 53 heavy (non-hydrogen) atoms. The topological polar surface area (TPSA) is 143 Å². The lowest BCUT2D eigenvalue weighted by Gasteiger charge is -2.28. The van der Waals surface area contributed by atoms with Gasteiger partial charge in [-0.1, -0.05) is 42.2 Å². The predicted octanol–water partition coefficient (Wildman–Crippen LogP) is 3.84. The number of hydrogen-bond donors (Lipinski definition) is 2. The van der Waals surface area contributed by atoms with E-state index in [9.17, 15) is 14.4 Å². The third-order valence-corrected chi connectivity index (χ3v) is 11.1. The number of carbonyl (C=O) groups is 3. The minimum atomic E-state index is -2.69. The zero-order chi connectivity index (χ0) is 38.0. The fourth-order valence-electron chi connectivity index (χ4n) is 5.46. The predicted molar refractivity (Wildman–Crippen MR) is 203 cm³/mol. The summed E-state index contributed by atoms with van der Waals surface area (Å²) in [5.41, 5.74) is 3.39. The third kappa shape index (κ3) is 16.9. The average Bonchev–Trinajstić information content (AvgIpc) is 3.15. The molecule has 1 heterocycles. The van der Waals surface area contributed by atoms with Gasteiger partial charge in [-0.15, -0.1) is 0 Å². The van der Waals surface area contributed by atoms with E-state index in [1.54, 1.807) is 4.90 Å². The lowest BCUT2D eigenvalue weighted by atomic mass is 10.0. The quantitative estimate of drug-likeness (QED) is 0.0748. The van der Waals surface area contributed by atoms with Gasteiger partial charge in [-0.05, 0) is 51.0 Å². The third-order valence-electron chi connectivity index (χ3n) is 7.97. The maximum atomic E-state index is 13.3. The fraction of sp³-hybridized carbons (Fsp3) is 0.564. The summed E-state index contributed by atoms with van der Waals surface area (Å²) in [4.78, 5) is 39.5. The van der Waals surface area contributed by atoms with Crippen molar-refractivity contribution >= 4 is 32.2 Å². The Morgan fingerprint density at radius 2 is 1.17 bits per heavy atom. The number of amides is 3. The van der Waals surface area contributed by atoms with Crippen molar-refractivity contribution in [3.05, 3.63) is 65.2 Å². The lowest BCUT2D eigenvalue weighted by molar-refractivity contribution is -0.125. The molecule has 0 saturated heterocycles. The van der Waals surface area contributed by atoms with Crippen LogP contribution in [0, 0.1) is 11.8 Å². The number of carbonyl (C=O) groups excluding carboxylic acids is 3. The number of nitrogens with zero attached hydrogens (tertiary/aromatic N) is 1. The largest absolute Gasteiger partial charge is 0.500 e. The summed E-state index contributed by atoms with van der Waals surface area (Å²) in [6.45, 7) is 11.7. The molecule has 3 amide bonds. The van der Waals surface area contributed by atoms with Crippen LogP contribution >= 0.6 is 0 Å². The summed E-state index contributed by atoms with van der Waals surface area (Å²) in [7, 11) is -2.69. The van der Waals surface area contributed by atoms with Crippen molar-refractivity contribution in [1.29, 1.82) is 0 Å². The maximum Gasteiger partial charge on any atom is 0.500 e. The Labute approximate surface area is 315 Å². The summed E-state index contributed by atoms with van der Waals surface area (Å²) in [6.07, 6.45) is 1.15. The first-order valence-corrected chi connectivity index (χ1v) is 20.6. The molecule has 1 aliphatic heterocycles. The molecule has 3 rings (SSSR count). The number of rotatable bonds is 28. The first-order valence-electron chi connectivity index (χ1n) is 18.7. The molecule has 2 aromatic carbocycles. The Kier molecular flexibility index (Phi) is 21.6. The summed E-state index contributed by atoms with van der Waals surface area (Å²) in [5, 5.41) is 5.71. The van der Waals surface area contributed by atoms with Gasteiger partial charge in [-0.2, -0.15) is 0 Å². The van der Waals surface area contributed by atoms with E-state index < -0.39 is 8.80 Å². The molecule has 292 valence electrons. The van der Waals surface area contributed by atoms with Gasteiger partial charge in [0.1, 0.15) is 0 Å². The molecule has 0 radical (unpaired) electrons. The molecule has 0 bridgehead atoms. The van der Waals surface area contributed by atoms with E-state index >= 15 is 0 Å². The summed E-state index contributed by atoms with van der Waals surface area (Å²) in [5.74, 6) is 5.99. The highest BCUT2D eigenvalue weighted by Gasteiger charge is 2.39. The standard InChI is InChI=1S/C39H57N3O10Si/c1-4-50-53(51-5-2,52-6-3)31-11-21-40-38(44)20-23-46-25-27-48-29-30-49-28-26-47-24-22-41-37(43)18-19-39(45)42-32-35-14-8-7-12-33(35)16-17-34-13-9-10-15-36(34)42/h7-10,12-15H,4-6,11,18-32H2,1-3H3,(H,40,44)(H,41,43). The summed E-state index contributed by atoms with van der Waals surface area (Å²) >= 11 is 0. The SMILES string of the molecule is CCO[Si](CCCNC(=O)CCOCCOCCOCCOCCNC(=O)CCC(=O)N1Cc2ccccc2C#Cc2ccccc21)(OCC)OCC. The van der Waals surface area contributed by atoms with Gasteiger partial charge < -0.3 is 47.8 Å². The molecular formula is C39H57N3O10Si. The zero-order valence-electron chi connectivity index (χ0n) is 31.6. The molecule has 2 N–H and O–H groups in total. The highest BCUT2D eigenvalue weighted by atomic mass is 28.4. The van der Waals surface area contributed by atoms with Gasteiger partial charge in [0.15, 0.2) is 0 Å². The van der Waals surface area contributed by atoms with E-state index in [2.05, 4.69) is 22.5 Å². The van der Waals surface area contributed by atoms with Crippen LogP contribution in [0.5, 0.6) is 0 Å². The van der Waals surface area contributed by atoms with E-state index in [0.29, 0.717) is 105 Å². The van der Waals surface area contributed by atoms with Crippen LogP contribution in [-0.2, 0) is 53.2 Å². The van der Waals surface area contributed by atoms with Crippen LogP contribution in [-0.4, -0.2) is 112 Å². The smallest absolute Gasteiger partial charge is 0.379 e. The molecule has 14 heteroatoms. The van der Waals surface area contributed by atoms with Gasteiger partial charge in [0.2, 0.25) is 17.7 Å². The Balaban J connectivity index is 1.13. The van der Waals surface area contributed by atoms with Crippen molar-refractivity contribution in [2.45, 2.75) is 59.0 Å². The van der Waals surface area contributed by atoms with Crippen molar-refractivity contribution in [2.75, 3.05) is 90.7 Å². The number of nitrogens with one attached hydrogen (secondary N) is 2. The van der Waals surface area contributed by atoms with Gasteiger partial charge in [-0.25, -0.2) is 0 Å². The van der Waals surface area contributed by atoms with Crippen LogP contribution in [0.2, 0.25) is 6.04 Å². The monoisotopic (exact) mass is 755 g/mol. The second-order valence-electron chi connectivity index (χ2n) is 11.9. The van der Waals surface area contributed by atoms with Crippen LogP contribution < -0.4 is 15.5 Å². The minimum Gasteiger partial charge on any atom is -0.379 e. The number of para-hydroxylation sites is 1. The van der Waals surface area contributed by atoms with E-state index in [1.807, 2.05) is 69.3 Å². The molecule has 13 nitrogen and oxygen atoms in total. The van der Waals surface area contributed by atoms with Crippen molar-refractivity contribution in [3.8, 4) is 11.8 Å². The zero-order valence-corrected chi connectivity index (χ0v) is 32.6. The first-order chi connectivity index (χ1) is 25.9. The molecular weight excluding hydrogens is 699 g/mol. The maximum absolute atomic E-state index is 13.3. The molecule has 0 unspecified atom stereocenters. The molecule has 0 aliphatic carbocycles. The number of fused-ring (bicyclic) bond motifs is 2. The van der Waals surface area contributed by atoms with E-state index in [0.717, 1.165) is 22.4 Å². The van der Waals surface area contributed by atoms with Gasteiger partial charge in [0.25, 0.3) is 0 Å². The minimum absolute atomic E-state index is 0.0686. The van der Waals surface area contributed by atoms with E-state index in [1.165, 1.54) is 0 Å². The Morgan fingerprint density at radius 1 is 0.642 bits per heavy atom. The van der Waals surface area contributed by atoms with Gasteiger partial charge in [0.05, 0.1) is 65.1 Å². The van der Waals surface area contributed by atoms with Crippen molar-refractivity contribution in [3.63, 3.8) is 0 Å². The van der Waals surface area contributed by atoms with E-state index in [4.69, 9.17) is 32.2 Å². The molecule has 1 aliphatic rings. The molecule has 0 spiro atoms. The average molecular weight is 756 g/mol. The Hall–Kier alpha value is -3.65.